The Labute approximate surface area is 152 Å². The maximum atomic E-state index is 12.7. The van der Waals surface area contributed by atoms with Crippen molar-refractivity contribution < 1.29 is 9.53 Å². The molecule has 2 aliphatic rings. The lowest BCUT2D eigenvalue weighted by atomic mass is 9.54. The van der Waals surface area contributed by atoms with Crippen LogP contribution in [0.3, 0.4) is 0 Å². The van der Waals surface area contributed by atoms with Crippen molar-refractivity contribution in [1.29, 1.82) is 5.26 Å². The van der Waals surface area contributed by atoms with Crippen LogP contribution in [0.1, 0.15) is 30.2 Å². The molecule has 0 amide bonds. The van der Waals surface area contributed by atoms with Crippen LogP contribution in [0.5, 0.6) is 5.75 Å². The van der Waals surface area contributed by atoms with Gasteiger partial charge in [-0.05, 0) is 48.1 Å². The number of aromatic nitrogens is 2. The number of nitrogens with zero attached hydrogens (tertiary/aromatic N) is 3. The first-order chi connectivity index (χ1) is 12.5. The summed E-state index contributed by atoms with van der Waals surface area (Å²) in [7, 11) is 3.58. The maximum absolute atomic E-state index is 12.7. The van der Waals surface area contributed by atoms with Crippen LogP contribution in [0.15, 0.2) is 42.1 Å². The predicted octanol–water partition coefficient (Wildman–Crippen LogP) is 2.95. The number of rotatable bonds is 2. The average Bonchev–Trinajstić information content (AvgIpc) is 3.06. The molecule has 1 aromatic carbocycles. The van der Waals surface area contributed by atoms with E-state index < -0.39 is 5.41 Å². The fraction of sp³-hybridized carbons (Fsp3) is 0.381. The average molecular weight is 347 g/mol. The van der Waals surface area contributed by atoms with E-state index in [0.29, 0.717) is 0 Å². The van der Waals surface area contributed by atoms with Crippen LogP contribution in [0.2, 0.25) is 0 Å². The Kier molecular flexibility index (Phi) is 3.73. The summed E-state index contributed by atoms with van der Waals surface area (Å²) in [5.41, 5.74) is 2.99. The number of benzene rings is 1. The number of ketones is 1. The second-order valence-electron chi connectivity index (χ2n) is 7.21. The zero-order valence-electron chi connectivity index (χ0n) is 15.2. The first-order valence-corrected chi connectivity index (χ1v) is 8.86. The highest BCUT2D eigenvalue weighted by molar-refractivity contribution is 6.02. The molecule has 1 aromatic heterocycles. The smallest absolute Gasteiger partial charge is 0.176 e. The summed E-state index contributed by atoms with van der Waals surface area (Å²) in [5.74, 6) is 0.578. The largest absolute Gasteiger partial charge is 0.497 e. The zero-order chi connectivity index (χ0) is 18.5. The van der Waals surface area contributed by atoms with Gasteiger partial charge >= 0.3 is 0 Å². The predicted molar refractivity (Wildman–Crippen MR) is 96.7 cm³/mol. The monoisotopic (exact) mass is 347 g/mol. The molecule has 0 aliphatic heterocycles. The van der Waals surface area contributed by atoms with E-state index >= 15 is 0 Å². The molecule has 0 fully saturated rings. The van der Waals surface area contributed by atoms with Gasteiger partial charge in [-0.15, -0.1) is 0 Å². The topological polar surface area (TPSA) is 67.9 Å². The summed E-state index contributed by atoms with van der Waals surface area (Å²) < 4.78 is 7.35. The quantitative estimate of drug-likeness (QED) is 0.838. The van der Waals surface area contributed by atoms with Gasteiger partial charge in [-0.3, -0.25) is 9.48 Å². The molecule has 0 radical (unpaired) electrons. The van der Waals surface area contributed by atoms with Crippen molar-refractivity contribution in [2.45, 2.75) is 25.2 Å². The summed E-state index contributed by atoms with van der Waals surface area (Å²) in [6.07, 6.45) is 5.58. The first-order valence-electron chi connectivity index (χ1n) is 8.86. The molecular weight excluding hydrogens is 326 g/mol. The Morgan fingerprint density at radius 2 is 2.23 bits per heavy atom. The minimum Gasteiger partial charge on any atom is -0.497 e. The third-order valence-corrected chi connectivity index (χ3v) is 6.04. The van der Waals surface area contributed by atoms with Crippen LogP contribution in [-0.2, 0) is 23.7 Å². The molecule has 0 saturated heterocycles. The molecule has 5 nitrogen and oxygen atoms in total. The summed E-state index contributed by atoms with van der Waals surface area (Å²) in [5, 5.41) is 14.1. The minimum absolute atomic E-state index is 0.0540. The molecule has 5 heteroatoms. The van der Waals surface area contributed by atoms with Crippen molar-refractivity contribution in [2.24, 2.45) is 18.9 Å². The minimum atomic E-state index is -0.550. The Hall–Kier alpha value is -2.87. The number of fused-ring (bicyclic) bond motifs is 3. The van der Waals surface area contributed by atoms with Crippen molar-refractivity contribution in [2.75, 3.05) is 7.11 Å². The maximum Gasteiger partial charge on any atom is 0.176 e. The van der Waals surface area contributed by atoms with E-state index in [2.05, 4.69) is 17.2 Å². The summed E-state index contributed by atoms with van der Waals surface area (Å²) >= 11 is 0. The second kappa shape index (κ2) is 5.84. The highest BCUT2D eigenvalue weighted by Gasteiger charge is 2.53. The molecule has 0 saturated carbocycles. The van der Waals surface area contributed by atoms with Crippen LogP contribution in [0.4, 0.5) is 0 Å². The molecule has 1 heterocycles. The second-order valence-corrected chi connectivity index (χ2v) is 7.21. The molecule has 2 aromatic rings. The van der Waals surface area contributed by atoms with Crippen molar-refractivity contribution in [3.8, 4) is 11.8 Å². The van der Waals surface area contributed by atoms with E-state index in [4.69, 9.17) is 4.74 Å². The molecule has 0 unspecified atom stereocenters. The van der Waals surface area contributed by atoms with Crippen LogP contribution in [0.25, 0.3) is 0 Å². The number of Topliss-reactive ketones (excluding diaryl/α,β-unsaturated/α-hetero) is 1. The lowest BCUT2D eigenvalue weighted by molar-refractivity contribution is -0.121. The van der Waals surface area contributed by atoms with Crippen LogP contribution >= 0.6 is 0 Å². The number of ether oxygens (including phenoxy) is 1. The number of methoxy groups -OCH3 is 1. The molecular formula is C21H21N3O2. The molecule has 0 N–H and O–H groups in total. The lowest BCUT2D eigenvalue weighted by Crippen LogP contribution is -2.48. The Bertz CT molecular complexity index is 966. The van der Waals surface area contributed by atoms with Gasteiger partial charge in [0.05, 0.1) is 30.0 Å². The van der Waals surface area contributed by atoms with E-state index in [1.807, 2.05) is 49.1 Å². The molecule has 2 aliphatic carbocycles. The third-order valence-electron chi connectivity index (χ3n) is 6.04. The lowest BCUT2D eigenvalue weighted by Gasteiger charge is -2.47. The van der Waals surface area contributed by atoms with Crippen molar-refractivity contribution in [3.05, 3.63) is 58.9 Å². The van der Waals surface area contributed by atoms with Gasteiger partial charge in [0.2, 0.25) is 0 Å². The summed E-state index contributed by atoms with van der Waals surface area (Å²) in [6, 6.07) is 10.1. The van der Waals surface area contributed by atoms with E-state index in [1.165, 1.54) is 5.56 Å². The highest BCUT2D eigenvalue weighted by atomic mass is 16.5. The normalized spacial score (nSPS) is 27.2. The van der Waals surface area contributed by atoms with E-state index in [1.54, 1.807) is 7.11 Å². The van der Waals surface area contributed by atoms with Gasteiger partial charge in [-0.2, -0.15) is 10.4 Å². The van der Waals surface area contributed by atoms with Crippen LogP contribution < -0.4 is 4.74 Å². The first kappa shape index (κ1) is 16.6. The van der Waals surface area contributed by atoms with E-state index in [9.17, 15) is 10.1 Å². The van der Waals surface area contributed by atoms with Gasteiger partial charge in [0, 0.05) is 13.0 Å². The summed E-state index contributed by atoms with van der Waals surface area (Å²) in [6.45, 7) is 1.95. The number of nitriles is 1. The van der Waals surface area contributed by atoms with Crippen LogP contribution in [0, 0.1) is 23.2 Å². The van der Waals surface area contributed by atoms with Gasteiger partial charge in [0.25, 0.3) is 0 Å². The fourth-order valence-corrected chi connectivity index (χ4v) is 4.86. The number of carbonyl (C=O) groups excluding carboxylic acids is 1. The molecule has 4 rings (SSSR count). The number of allylic oxidation sites excluding steroid dienone is 2. The molecule has 0 spiro atoms. The standard InChI is InChI=1S/C21H21N3O2/c1-13-18-8-7-14-12-23-24(2)20(14)21(18,10-15(11-22)19(13)25)16-5-4-6-17(9-16)26-3/h4-6,9-10,12-13,18H,7-8H2,1-3H3/t13-,18-,21-/m0/s1. The fourth-order valence-electron chi connectivity index (χ4n) is 4.86. The number of carbonyl (C=O) groups is 1. The zero-order valence-corrected chi connectivity index (χ0v) is 15.2. The van der Waals surface area contributed by atoms with Crippen LogP contribution in [-0.4, -0.2) is 22.7 Å². The molecule has 0 bridgehead atoms. The van der Waals surface area contributed by atoms with Crippen molar-refractivity contribution >= 4 is 5.78 Å². The summed E-state index contributed by atoms with van der Waals surface area (Å²) in [4.78, 5) is 12.7. The molecule has 132 valence electrons. The SMILES string of the molecule is COc1cccc([C@@]23C=C(C#N)C(=O)[C@@H](C)[C@@H]2CCc2cnn(C)c23)c1. The van der Waals surface area contributed by atoms with E-state index in [0.717, 1.165) is 29.8 Å². The number of hydrogen-bond acceptors (Lipinski definition) is 4. The van der Waals surface area contributed by atoms with Gasteiger partial charge in [0.15, 0.2) is 5.78 Å². The molecule has 3 atom stereocenters. The number of hydrogen-bond donors (Lipinski definition) is 0. The van der Waals surface area contributed by atoms with Gasteiger partial charge in [-0.1, -0.05) is 19.1 Å². The van der Waals surface area contributed by atoms with Gasteiger partial charge in [0.1, 0.15) is 11.8 Å². The van der Waals surface area contributed by atoms with Gasteiger partial charge < -0.3 is 4.74 Å². The van der Waals surface area contributed by atoms with Crippen molar-refractivity contribution in [3.63, 3.8) is 0 Å². The van der Waals surface area contributed by atoms with Gasteiger partial charge in [-0.25, -0.2) is 0 Å². The number of aryl methyl sites for hydroxylation is 2. The molecule has 26 heavy (non-hydrogen) atoms. The Balaban J connectivity index is 2.10. The Morgan fingerprint density at radius 1 is 1.42 bits per heavy atom. The van der Waals surface area contributed by atoms with Crippen molar-refractivity contribution in [1.82, 2.24) is 9.78 Å². The highest BCUT2D eigenvalue weighted by Crippen LogP contribution is 2.53. The van der Waals surface area contributed by atoms with E-state index in [-0.39, 0.29) is 23.2 Å². The third kappa shape index (κ3) is 2.08. The Morgan fingerprint density at radius 3 is 2.96 bits per heavy atom.